The van der Waals surface area contributed by atoms with E-state index in [4.69, 9.17) is 0 Å². The van der Waals surface area contributed by atoms with Crippen molar-refractivity contribution in [3.63, 3.8) is 0 Å². The summed E-state index contributed by atoms with van der Waals surface area (Å²) in [6.07, 6.45) is 2.08. The van der Waals surface area contributed by atoms with Crippen molar-refractivity contribution in [3.8, 4) is 0 Å². The topological polar surface area (TPSA) is 29.9 Å². The Labute approximate surface area is 111 Å². The molecule has 2 aromatic rings. The first-order chi connectivity index (χ1) is 9.16. The van der Waals surface area contributed by atoms with Gasteiger partial charge in [-0.15, -0.1) is 0 Å². The average Bonchev–Trinajstić information content (AvgIpc) is 2.81. The molecule has 102 valence electrons. The Balaban J connectivity index is 1.79. The highest BCUT2D eigenvalue weighted by molar-refractivity contribution is 5.24. The van der Waals surface area contributed by atoms with E-state index in [1.165, 1.54) is 6.07 Å². The lowest BCUT2D eigenvalue weighted by atomic mass is 10.1. The summed E-state index contributed by atoms with van der Waals surface area (Å²) in [6.45, 7) is 1.36. The lowest BCUT2D eigenvalue weighted by Gasteiger charge is -2.07. The number of alkyl halides is 2. The molecule has 0 saturated carbocycles. The fourth-order valence-corrected chi connectivity index (χ4v) is 1.91. The predicted molar refractivity (Wildman–Crippen MR) is 70.0 cm³/mol. The number of benzene rings is 1. The van der Waals surface area contributed by atoms with Crippen LogP contribution in [0.5, 0.6) is 0 Å². The van der Waals surface area contributed by atoms with Gasteiger partial charge >= 0.3 is 0 Å². The van der Waals surface area contributed by atoms with Gasteiger partial charge in [0.05, 0.1) is 0 Å². The van der Waals surface area contributed by atoms with Gasteiger partial charge in [0.1, 0.15) is 5.82 Å². The average molecular weight is 265 g/mol. The van der Waals surface area contributed by atoms with Gasteiger partial charge in [0, 0.05) is 44.5 Å². The van der Waals surface area contributed by atoms with E-state index in [9.17, 15) is 8.78 Å². The highest BCUT2D eigenvalue weighted by Gasteiger charge is 2.06. The van der Waals surface area contributed by atoms with Crippen LogP contribution in [0.3, 0.4) is 0 Å². The molecule has 5 heteroatoms. The van der Waals surface area contributed by atoms with Gasteiger partial charge in [-0.2, -0.15) is 0 Å². The van der Waals surface area contributed by atoms with Crippen molar-refractivity contribution in [1.29, 1.82) is 0 Å². The minimum absolute atomic E-state index is 0.0726. The smallest absolute Gasteiger partial charge is 0.263 e. The molecule has 0 atom stereocenters. The van der Waals surface area contributed by atoms with E-state index in [1.807, 2.05) is 23.9 Å². The Kier molecular flexibility index (Phi) is 4.63. The zero-order valence-electron chi connectivity index (χ0n) is 10.8. The molecule has 0 fully saturated rings. The summed E-state index contributed by atoms with van der Waals surface area (Å²) >= 11 is 0. The van der Waals surface area contributed by atoms with Crippen molar-refractivity contribution < 1.29 is 8.78 Å². The number of imidazole rings is 1. The van der Waals surface area contributed by atoms with Crippen LogP contribution in [0.1, 0.15) is 23.4 Å². The molecule has 0 aliphatic rings. The Bertz CT molecular complexity index is 523. The maximum Gasteiger partial charge on any atom is 0.263 e. The van der Waals surface area contributed by atoms with Crippen LogP contribution in [0.15, 0.2) is 36.7 Å². The molecule has 1 aromatic heterocycles. The normalized spacial score (nSPS) is 11.2. The van der Waals surface area contributed by atoms with Crippen LogP contribution in [-0.4, -0.2) is 16.1 Å². The van der Waals surface area contributed by atoms with E-state index < -0.39 is 6.43 Å². The maximum absolute atomic E-state index is 12.5. The molecule has 1 heterocycles. The highest BCUT2D eigenvalue weighted by atomic mass is 19.3. The van der Waals surface area contributed by atoms with Gasteiger partial charge in [0.2, 0.25) is 0 Å². The third-order valence-corrected chi connectivity index (χ3v) is 2.98. The molecule has 19 heavy (non-hydrogen) atoms. The van der Waals surface area contributed by atoms with Crippen LogP contribution in [0.4, 0.5) is 8.78 Å². The van der Waals surface area contributed by atoms with E-state index >= 15 is 0 Å². The molecule has 0 aliphatic carbocycles. The van der Waals surface area contributed by atoms with Gasteiger partial charge < -0.3 is 9.88 Å². The Morgan fingerprint density at radius 3 is 2.89 bits per heavy atom. The first-order valence-electron chi connectivity index (χ1n) is 6.20. The Hall–Kier alpha value is -1.75. The van der Waals surface area contributed by atoms with Crippen LogP contribution in [0.2, 0.25) is 0 Å². The second-order valence-corrected chi connectivity index (χ2v) is 4.43. The summed E-state index contributed by atoms with van der Waals surface area (Å²) in [5, 5.41) is 3.24. The number of nitrogens with zero attached hydrogens (tertiary/aromatic N) is 2. The number of rotatable bonds is 6. The number of nitrogens with one attached hydrogen (secondary N) is 1. The molecule has 0 unspecified atom stereocenters. The zero-order chi connectivity index (χ0) is 13.7. The van der Waals surface area contributed by atoms with Gasteiger partial charge in [-0.05, 0) is 11.6 Å². The lowest BCUT2D eigenvalue weighted by Crippen LogP contribution is -2.18. The second-order valence-electron chi connectivity index (χ2n) is 4.43. The monoisotopic (exact) mass is 265 g/mol. The van der Waals surface area contributed by atoms with Gasteiger partial charge in [-0.1, -0.05) is 18.2 Å². The zero-order valence-corrected chi connectivity index (χ0v) is 10.8. The van der Waals surface area contributed by atoms with Crippen molar-refractivity contribution in [1.82, 2.24) is 14.9 Å². The highest BCUT2D eigenvalue weighted by Crippen LogP contribution is 2.19. The van der Waals surface area contributed by atoms with Crippen LogP contribution in [0, 0.1) is 0 Å². The van der Waals surface area contributed by atoms with Crippen LogP contribution >= 0.6 is 0 Å². The Morgan fingerprint density at radius 1 is 1.37 bits per heavy atom. The summed E-state index contributed by atoms with van der Waals surface area (Å²) in [4.78, 5) is 4.22. The number of aryl methyl sites for hydroxylation is 1. The number of aromatic nitrogens is 2. The van der Waals surface area contributed by atoms with Crippen molar-refractivity contribution in [2.24, 2.45) is 7.05 Å². The first kappa shape index (κ1) is 13.7. The van der Waals surface area contributed by atoms with E-state index in [2.05, 4.69) is 10.3 Å². The van der Waals surface area contributed by atoms with Crippen LogP contribution in [-0.2, 0) is 20.0 Å². The third-order valence-electron chi connectivity index (χ3n) is 2.98. The first-order valence-corrected chi connectivity index (χ1v) is 6.20. The van der Waals surface area contributed by atoms with Crippen LogP contribution < -0.4 is 5.32 Å². The summed E-state index contributed by atoms with van der Waals surface area (Å²) in [5.74, 6) is 1.01. The minimum atomic E-state index is -2.41. The second kappa shape index (κ2) is 6.43. The van der Waals surface area contributed by atoms with Crippen LogP contribution in [0.25, 0.3) is 0 Å². The molecule has 3 nitrogen and oxygen atoms in total. The Morgan fingerprint density at radius 2 is 2.21 bits per heavy atom. The summed E-state index contributed by atoms with van der Waals surface area (Å²) in [5.41, 5.74) is 0.945. The number of hydrogen-bond donors (Lipinski definition) is 1. The third kappa shape index (κ3) is 3.86. The van der Waals surface area contributed by atoms with E-state index in [0.29, 0.717) is 6.54 Å². The van der Waals surface area contributed by atoms with Crippen molar-refractivity contribution in [3.05, 3.63) is 53.6 Å². The molecule has 0 amide bonds. The van der Waals surface area contributed by atoms with Gasteiger partial charge in [-0.25, -0.2) is 13.8 Å². The van der Waals surface area contributed by atoms with E-state index in [0.717, 1.165) is 24.4 Å². The quantitative estimate of drug-likeness (QED) is 0.814. The maximum atomic E-state index is 12.5. The molecular weight excluding hydrogens is 248 g/mol. The molecule has 2 rings (SSSR count). The van der Waals surface area contributed by atoms with Gasteiger partial charge in [-0.3, -0.25) is 0 Å². The fraction of sp³-hybridized carbons (Fsp3) is 0.357. The fourth-order valence-electron chi connectivity index (χ4n) is 1.91. The van der Waals surface area contributed by atoms with Gasteiger partial charge in [0.15, 0.2) is 0 Å². The molecule has 0 aliphatic heterocycles. The number of halogens is 2. The van der Waals surface area contributed by atoms with Crippen molar-refractivity contribution in [2.45, 2.75) is 19.4 Å². The van der Waals surface area contributed by atoms with E-state index in [-0.39, 0.29) is 5.56 Å². The minimum Gasteiger partial charge on any atom is -0.338 e. The molecule has 0 spiro atoms. The molecule has 0 bridgehead atoms. The standard InChI is InChI=1S/C14H17F2N3/c1-19-8-7-18-13(19)5-6-17-10-11-3-2-4-12(9-11)14(15)16/h2-4,7-9,14,17H,5-6,10H2,1H3. The molecular formula is C14H17F2N3. The van der Waals surface area contributed by atoms with Gasteiger partial charge in [0.25, 0.3) is 6.43 Å². The molecule has 0 radical (unpaired) electrons. The summed E-state index contributed by atoms with van der Waals surface area (Å²) in [7, 11) is 1.95. The number of hydrogen-bond acceptors (Lipinski definition) is 2. The van der Waals surface area contributed by atoms with Crippen molar-refractivity contribution in [2.75, 3.05) is 6.54 Å². The molecule has 0 saturated heterocycles. The summed E-state index contributed by atoms with van der Waals surface area (Å²) < 4.78 is 27.0. The SMILES string of the molecule is Cn1ccnc1CCNCc1cccc(C(F)F)c1. The lowest BCUT2D eigenvalue weighted by molar-refractivity contribution is 0.151. The largest absolute Gasteiger partial charge is 0.338 e. The molecule has 1 aromatic carbocycles. The molecule has 1 N–H and O–H groups in total. The van der Waals surface area contributed by atoms with Crippen molar-refractivity contribution >= 4 is 0 Å². The summed E-state index contributed by atoms with van der Waals surface area (Å²) in [6, 6.07) is 6.50. The predicted octanol–water partition coefficient (Wildman–Crippen LogP) is 2.69. The van der Waals surface area contributed by atoms with E-state index in [1.54, 1.807) is 18.3 Å².